The SMILES string of the molecule is Oc1cccc(-c2nc(Cl)c(F)c(Cl)n2)c1. The highest BCUT2D eigenvalue weighted by Crippen LogP contribution is 2.25. The molecule has 1 aromatic heterocycles. The molecule has 3 nitrogen and oxygen atoms in total. The largest absolute Gasteiger partial charge is 0.508 e. The zero-order valence-electron chi connectivity index (χ0n) is 7.78. The summed E-state index contributed by atoms with van der Waals surface area (Å²) in [5.41, 5.74) is 0.504. The second-order valence-electron chi connectivity index (χ2n) is 2.99. The number of aromatic hydroxyl groups is 1. The van der Waals surface area contributed by atoms with E-state index in [4.69, 9.17) is 23.2 Å². The molecule has 0 bridgehead atoms. The predicted octanol–water partition coefficient (Wildman–Crippen LogP) is 3.30. The van der Waals surface area contributed by atoms with Crippen molar-refractivity contribution in [2.45, 2.75) is 0 Å². The van der Waals surface area contributed by atoms with Crippen LogP contribution in [-0.2, 0) is 0 Å². The maximum atomic E-state index is 13.1. The monoisotopic (exact) mass is 258 g/mol. The minimum Gasteiger partial charge on any atom is -0.508 e. The van der Waals surface area contributed by atoms with Crippen molar-refractivity contribution in [3.05, 3.63) is 40.4 Å². The molecule has 82 valence electrons. The summed E-state index contributed by atoms with van der Waals surface area (Å²) in [6.07, 6.45) is 0. The number of hydrogen-bond donors (Lipinski definition) is 1. The smallest absolute Gasteiger partial charge is 0.197 e. The molecule has 1 aromatic carbocycles. The van der Waals surface area contributed by atoms with Gasteiger partial charge in [0.25, 0.3) is 0 Å². The second-order valence-corrected chi connectivity index (χ2v) is 3.71. The standard InChI is InChI=1S/C10H5Cl2FN2O/c11-8-7(13)9(12)15-10(14-8)5-2-1-3-6(16)4-5/h1-4,16H. The van der Waals surface area contributed by atoms with Crippen molar-refractivity contribution < 1.29 is 9.50 Å². The van der Waals surface area contributed by atoms with Gasteiger partial charge in [-0.15, -0.1) is 0 Å². The van der Waals surface area contributed by atoms with E-state index in [1.54, 1.807) is 12.1 Å². The van der Waals surface area contributed by atoms with Gasteiger partial charge in [-0.2, -0.15) is 0 Å². The van der Waals surface area contributed by atoms with Gasteiger partial charge in [-0.1, -0.05) is 35.3 Å². The van der Waals surface area contributed by atoms with Crippen LogP contribution in [0.3, 0.4) is 0 Å². The van der Waals surface area contributed by atoms with Crippen molar-refractivity contribution in [1.29, 1.82) is 0 Å². The molecule has 6 heteroatoms. The van der Waals surface area contributed by atoms with Crippen LogP contribution in [0.1, 0.15) is 0 Å². The zero-order chi connectivity index (χ0) is 11.7. The van der Waals surface area contributed by atoms with E-state index in [1.807, 2.05) is 0 Å². The number of halogens is 3. The molecule has 0 amide bonds. The Kier molecular flexibility index (Phi) is 2.94. The van der Waals surface area contributed by atoms with Crippen LogP contribution in [0.2, 0.25) is 10.3 Å². The van der Waals surface area contributed by atoms with E-state index in [9.17, 15) is 9.50 Å². The Morgan fingerprint density at radius 2 is 1.75 bits per heavy atom. The molecular weight excluding hydrogens is 254 g/mol. The molecule has 0 aliphatic carbocycles. The summed E-state index contributed by atoms with van der Waals surface area (Å²) in [6, 6.07) is 6.19. The molecule has 0 fully saturated rings. The second kappa shape index (κ2) is 4.23. The molecular formula is C10H5Cl2FN2O. The Labute approximate surface area is 100 Å². The fourth-order valence-electron chi connectivity index (χ4n) is 1.17. The van der Waals surface area contributed by atoms with E-state index in [-0.39, 0.29) is 21.9 Å². The molecule has 0 unspecified atom stereocenters. The highest BCUT2D eigenvalue weighted by Gasteiger charge is 2.12. The first-order valence-electron chi connectivity index (χ1n) is 4.26. The third kappa shape index (κ3) is 2.08. The van der Waals surface area contributed by atoms with Gasteiger partial charge in [0, 0.05) is 5.56 Å². The molecule has 0 radical (unpaired) electrons. The molecule has 2 aromatic rings. The molecule has 0 aliphatic rings. The highest BCUT2D eigenvalue weighted by molar-refractivity contribution is 6.33. The highest BCUT2D eigenvalue weighted by atomic mass is 35.5. The summed E-state index contributed by atoms with van der Waals surface area (Å²) in [6.45, 7) is 0. The topological polar surface area (TPSA) is 46.0 Å². The number of aromatic nitrogens is 2. The van der Waals surface area contributed by atoms with Crippen molar-refractivity contribution >= 4 is 23.2 Å². The summed E-state index contributed by atoms with van der Waals surface area (Å²) in [7, 11) is 0. The van der Waals surface area contributed by atoms with Crippen molar-refractivity contribution in [3.8, 4) is 17.1 Å². The minimum absolute atomic E-state index is 0.0534. The Hall–Kier alpha value is -1.39. The van der Waals surface area contributed by atoms with Gasteiger partial charge in [0.1, 0.15) is 5.75 Å². The molecule has 0 spiro atoms. The molecule has 0 atom stereocenters. The first-order valence-corrected chi connectivity index (χ1v) is 5.01. The van der Waals surface area contributed by atoms with E-state index in [2.05, 4.69) is 9.97 Å². The van der Waals surface area contributed by atoms with Gasteiger partial charge in [-0.25, -0.2) is 14.4 Å². The zero-order valence-corrected chi connectivity index (χ0v) is 9.30. The van der Waals surface area contributed by atoms with Crippen LogP contribution in [0.5, 0.6) is 5.75 Å². The third-order valence-electron chi connectivity index (χ3n) is 1.87. The Bertz CT molecular complexity index is 525. The maximum absolute atomic E-state index is 13.1. The van der Waals surface area contributed by atoms with E-state index in [0.717, 1.165) is 0 Å². The fraction of sp³-hybridized carbons (Fsp3) is 0. The molecule has 0 saturated carbocycles. The van der Waals surface area contributed by atoms with Crippen LogP contribution in [0.4, 0.5) is 4.39 Å². The van der Waals surface area contributed by atoms with Gasteiger partial charge in [-0.05, 0) is 12.1 Å². The summed E-state index contributed by atoms with van der Waals surface area (Å²) < 4.78 is 13.1. The lowest BCUT2D eigenvalue weighted by Gasteiger charge is -2.03. The average Bonchev–Trinajstić information content (AvgIpc) is 2.25. The number of benzene rings is 1. The minimum atomic E-state index is -0.854. The normalized spacial score (nSPS) is 10.4. The summed E-state index contributed by atoms with van der Waals surface area (Å²) in [5, 5.41) is 8.57. The predicted molar refractivity (Wildman–Crippen MR) is 59.1 cm³/mol. The van der Waals surface area contributed by atoms with Gasteiger partial charge in [0.2, 0.25) is 0 Å². The van der Waals surface area contributed by atoms with Crippen LogP contribution in [-0.4, -0.2) is 15.1 Å². The van der Waals surface area contributed by atoms with E-state index >= 15 is 0 Å². The Morgan fingerprint density at radius 1 is 1.12 bits per heavy atom. The quantitative estimate of drug-likeness (QED) is 0.799. The molecule has 0 aliphatic heterocycles. The van der Waals surface area contributed by atoms with Crippen LogP contribution in [0, 0.1) is 5.82 Å². The maximum Gasteiger partial charge on any atom is 0.197 e. The number of hydrogen-bond acceptors (Lipinski definition) is 3. The molecule has 1 heterocycles. The van der Waals surface area contributed by atoms with Crippen LogP contribution in [0.15, 0.2) is 24.3 Å². The third-order valence-corrected chi connectivity index (χ3v) is 2.38. The summed E-state index contributed by atoms with van der Waals surface area (Å²) >= 11 is 11.1. The van der Waals surface area contributed by atoms with E-state index in [1.165, 1.54) is 12.1 Å². The van der Waals surface area contributed by atoms with Gasteiger partial charge in [-0.3, -0.25) is 0 Å². The summed E-state index contributed by atoms with van der Waals surface area (Å²) in [5.74, 6) is -0.641. The summed E-state index contributed by atoms with van der Waals surface area (Å²) in [4.78, 5) is 7.46. The number of phenolic OH excluding ortho intramolecular Hbond substituents is 1. The van der Waals surface area contributed by atoms with Crippen molar-refractivity contribution in [2.75, 3.05) is 0 Å². The fourth-order valence-corrected chi connectivity index (χ4v) is 1.56. The molecule has 1 N–H and O–H groups in total. The van der Waals surface area contributed by atoms with Gasteiger partial charge in [0.15, 0.2) is 21.9 Å². The molecule has 16 heavy (non-hydrogen) atoms. The van der Waals surface area contributed by atoms with Crippen molar-refractivity contribution in [3.63, 3.8) is 0 Å². The first-order chi connectivity index (χ1) is 7.58. The number of rotatable bonds is 1. The van der Waals surface area contributed by atoms with Crippen LogP contribution in [0.25, 0.3) is 11.4 Å². The van der Waals surface area contributed by atoms with E-state index in [0.29, 0.717) is 5.56 Å². The number of phenols is 1. The number of nitrogens with zero attached hydrogens (tertiary/aromatic N) is 2. The van der Waals surface area contributed by atoms with Crippen molar-refractivity contribution in [2.24, 2.45) is 0 Å². The van der Waals surface area contributed by atoms with Crippen LogP contribution < -0.4 is 0 Å². The van der Waals surface area contributed by atoms with Crippen molar-refractivity contribution in [1.82, 2.24) is 9.97 Å². The Balaban J connectivity index is 2.57. The van der Waals surface area contributed by atoms with Gasteiger partial charge < -0.3 is 5.11 Å². The average molecular weight is 259 g/mol. The molecule has 0 saturated heterocycles. The first kappa shape index (κ1) is 11.1. The Morgan fingerprint density at radius 3 is 2.31 bits per heavy atom. The molecule has 2 rings (SSSR count). The lowest BCUT2D eigenvalue weighted by Crippen LogP contribution is -1.94. The lowest BCUT2D eigenvalue weighted by molar-refractivity contribution is 0.475. The lowest BCUT2D eigenvalue weighted by atomic mass is 10.2. The van der Waals surface area contributed by atoms with E-state index < -0.39 is 5.82 Å². The van der Waals surface area contributed by atoms with Gasteiger partial charge >= 0.3 is 0 Å². The van der Waals surface area contributed by atoms with Crippen LogP contribution >= 0.6 is 23.2 Å². The van der Waals surface area contributed by atoms with Gasteiger partial charge in [0.05, 0.1) is 0 Å².